The second kappa shape index (κ2) is 5.22. The van der Waals surface area contributed by atoms with Gasteiger partial charge >= 0.3 is 0 Å². The fourth-order valence-electron chi connectivity index (χ4n) is 1.52. The quantitative estimate of drug-likeness (QED) is 0.856. The zero-order valence-corrected chi connectivity index (χ0v) is 11.6. The van der Waals surface area contributed by atoms with E-state index in [1.807, 2.05) is 38.1 Å². The van der Waals surface area contributed by atoms with E-state index in [9.17, 15) is 0 Å². The van der Waals surface area contributed by atoms with E-state index in [1.165, 1.54) is 0 Å². The SMILES string of the molecule is Cc1nc(N)nc(C)c1N=Nc1ccccc1Br. The number of nitrogens with zero attached hydrogens (tertiary/aromatic N) is 4. The van der Waals surface area contributed by atoms with Gasteiger partial charge in [0.25, 0.3) is 0 Å². The highest BCUT2D eigenvalue weighted by atomic mass is 79.9. The minimum Gasteiger partial charge on any atom is -0.368 e. The molecule has 2 rings (SSSR count). The molecule has 5 nitrogen and oxygen atoms in total. The van der Waals surface area contributed by atoms with E-state index in [0.29, 0.717) is 5.69 Å². The first kappa shape index (κ1) is 12.6. The van der Waals surface area contributed by atoms with Gasteiger partial charge < -0.3 is 5.73 Å². The Kier molecular flexibility index (Phi) is 3.66. The zero-order chi connectivity index (χ0) is 13.1. The van der Waals surface area contributed by atoms with Crippen LogP contribution in [-0.4, -0.2) is 9.97 Å². The molecule has 0 radical (unpaired) electrons. The Morgan fingerprint density at radius 3 is 2.28 bits per heavy atom. The van der Waals surface area contributed by atoms with E-state index in [1.54, 1.807) is 0 Å². The zero-order valence-electron chi connectivity index (χ0n) is 10.1. The molecule has 0 fully saturated rings. The van der Waals surface area contributed by atoms with Crippen LogP contribution in [0.25, 0.3) is 0 Å². The largest absolute Gasteiger partial charge is 0.368 e. The summed E-state index contributed by atoms with van der Waals surface area (Å²) in [5, 5.41) is 8.38. The fraction of sp³-hybridized carbons (Fsp3) is 0.167. The molecular formula is C12H12BrN5. The number of benzene rings is 1. The van der Waals surface area contributed by atoms with Crippen LogP contribution in [0.2, 0.25) is 0 Å². The van der Waals surface area contributed by atoms with Crippen molar-refractivity contribution in [2.24, 2.45) is 10.2 Å². The molecule has 0 aliphatic heterocycles. The van der Waals surface area contributed by atoms with Crippen molar-refractivity contribution in [3.8, 4) is 0 Å². The lowest BCUT2D eigenvalue weighted by Gasteiger charge is -2.03. The third kappa shape index (κ3) is 2.70. The molecule has 0 atom stereocenters. The van der Waals surface area contributed by atoms with Crippen molar-refractivity contribution in [2.75, 3.05) is 5.73 Å². The smallest absolute Gasteiger partial charge is 0.220 e. The molecule has 0 amide bonds. The molecule has 0 bridgehead atoms. The van der Waals surface area contributed by atoms with Gasteiger partial charge in [-0.2, -0.15) is 0 Å². The summed E-state index contributed by atoms with van der Waals surface area (Å²) in [6, 6.07) is 7.61. The Morgan fingerprint density at radius 2 is 1.67 bits per heavy atom. The van der Waals surface area contributed by atoms with Crippen LogP contribution in [-0.2, 0) is 0 Å². The number of aromatic nitrogens is 2. The van der Waals surface area contributed by atoms with Crippen LogP contribution in [0, 0.1) is 13.8 Å². The van der Waals surface area contributed by atoms with E-state index in [-0.39, 0.29) is 5.95 Å². The maximum absolute atomic E-state index is 5.56. The van der Waals surface area contributed by atoms with E-state index in [0.717, 1.165) is 21.5 Å². The molecule has 0 unspecified atom stereocenters. The highest BCUT2D eigenvalue weighted by molar-refractivity contribution is 9.10. The number of nitrogen functional groups attached to an aromatic ring is 1. The lowest BCUT2D eigenvalue weighted by atomic mass is 10.3. The van der Waals surface area contributed by atoms with Crippen LogP contribution in [0.1, 0.15) is 11.4 Å². The number of azo groups is 1. The van der Waals surface area contributed by atoms with Crippen LogP contribution >= 0.6 is 15.9 Å². The molecule has 2 aromatic rings. The van der Waals surface area contributed by atoms with Crippen molar-refractivity contribution in [1.82, 2.24) is 9.97 Å². The number of halogens is 1. The van der Waals surface area contributed by atoms with Crippen LogP contribution in [0.4, 0.5) is 17.3 Å². The minimum absolute atomic E-state index is 0.254. The maximum Gasteiger partial charge on any atom is 0.220 e. The molecule has 2 N–H and O–H groups in total. The topological polar surface area (TPSA) is 76.5 Å². The van der Waals surface area contributed by atoms with Crippen LogP contribution < -0.4 is 5.73 Å². The molecule has 1 aromatic heterocycles. The average molecular weight is 306 g/mol. The summed E-state index contributed by atoms with van der Waals surface area (Å²) >= 11 is 3.41. The van der Waals surface area contributed by atoms with Crippen molar-refractivity contribution in [3.63, 3.8) is 0 Å². The predicted molar refractivity (Wildman–Crippen MR) is 74.2 cm³/mol. The number of nitrogens with two attached hydrogens (primary N) is 1. The van der Waals surface area contributed by atoms with Crippen molar-refractivity contribution in [1.29, 1.82) is 0 Å². The third-order valence-electron chi connectivity index (χ3n) is 2.36. The minimum atomic E-state index is 0.254. The summed E-state index contributed by atoms with van der Waals surface area (Å²) in [7, 11) is 0. The van der Waals surface area contributed by atoms with Gasteiger partial charge in [-0.1, -0.05) is 12.1 Å². The van der Waals surface area contributed by atoms with E-state index in [4.69, 9.17) is 5.73 Å². The van der Waals surface area contributed by atoms with Gasteiger partial charge in [0.2, 0.25) is 5.95 Å². The van der Waals surface area contributed by atoms with Gasteiger partial charge in [0.15, 0.2) is 0 Å². The highest BCUT2D eigenvalue weighted by Crippen LogP contribution is 2.28. The van der Waals surface area contributed by atoms with Gasteiger partial charge in [0.1, 0.15) is 5.69 Å². The Bertz CT molecular complexity index is 586. The van der Waals surface area contributed by atoms with Gasteiger partial charge in [-0.25, -0.2) is 9.97 Å². The third-order valence-corrected chi connectivity index (χ3v) is 3.03. The number of rotatable bonds is 2. The molecule has 18 heavy (non-hydrogen) atoms. The van der Waals surface area contributed by atoms with E-state index in [2.05, 4.69) is 36.1 Å². The summed E-state index contributed by atoms with van der Waals surface area (Å²) in [4.78, 5) is 8.14. The van der Waals surface area contributed by atoms with Gasteiger partial charge in [-0.15, -0.1) is 10.2 Å². The fourth-order valence-corrected chi connectivity index (χ4v) is 1.88. The van der Waals surface area contributed by atoms with Crippen molar-refractivity contribution < 1.29 is 0 Å². The standard InChI is InChI=1S/C12H12BrN5/c1-7-11(8(2)16-12(14)15-7)18-17-10-6-4-3-5-9(10)13/h3-6H,1-2H3,(H2,14,15,16). The second-order valence-electron chi connectivity index (χ2n) is 3.75. The number of hydrogen-bond acceptors (Lipinski definition) is 5. The lowest BCUT2D eigenvalue weighted by Crippen LogP contribution is -1.98. The summed E-state index contributed by atoms with van der Waals surface area (Å²) in [6.45, 7) is 3.67. The first-order chi connectivity index (χ1) is 8.58. The van der Waals surface area contributed by atoms with Crippen LogP contribution in [0.3, 0.4) is 0 Å². The van der Waals surface area contributed by atoms with Crippen LogP contribution in [0.15, 0.2) is 39.0 Å². The maximum atomic E-state index is 5.56. The summed E-state index contributed by atoms with van der Waals surface area (Å²) in [6.07, 6.45) is 0. The molecule has 6 heteroatoms. The van der Waals surface area contributed by atoms with Crippen molar-refractivity contribution in [3.05, 3.63) is 40.1 Å². The molecule has 1 aromatic carbocycles. The molecular weight excluding hydrogens is 294 g/mol. The number of aryl methyl sites for hydroxylation is 2. The molecule has 0 saturated heterocycles. The summed E-state index contributed by atoms with van der Waals surface area (Å²) in [5.41, 5.74) is 8.40. The lowest BCUT2D eigenvalue weighted by molar-refractivity contribution is 1.04. The van der Waals surface area contributed by atoms with Gasteiger partial charge in [0.05, 0.1) is 17.1 Å². The predicted octanol–water partition coefficient (Wildman–Crippen LogP) is 3.85. The normalized spacial score (nSPS) is 11.1. The molecule has 0 saturated carbocycles. The van der Waals surface area contributed by atoms with E-state index < -0.39 is 0 Å². The van der Waals surface area contributed by atoms with Crippen molar-refractivity contribution >= 4 is 33.3 Å². The molecule has 0 aliphatic carbocycles. The van der Waals surface area contributed by atoms with E-state index >= 15 is 0 Å². The molecule has 0 spiro atoms. The van der Waals surface area contributed by atoms with Crippen molar-refractivity contribution in [2.45, 2.75) is 13.8 Å². The number of hydrogen-bond donors (Lipinski definition) is 1. The Balaban J connectivity index is 2.38. The first-order valence-corrected chi connectivity index (χ1v) is 6.14. The molecule has 1 heterocycles. The Hall–Kier alpha value is -1.82. The van der Waals surface area contributed by atoms with Gasteiger partial charge in [0, 0.05) is 4.47 Å². The monoisotopic (exact) mass is 305 g/mol. The Labute approximate surface area is 113 Å². The summed E-state index contributed by atoms with van der Waals surface area (Å²) in [5.74, 6) is 0.254. The van der Waals surface area contributed by atoms with Gasteiger partial charge in [-0.3, -0.25) is 0 Å². The number of anilines is 1. The van der Waals surface area contributed by atoms with Gasteiger partial charge in [-0.05, 0) is 41.9 Å². The average Bonchev–Trinajstić information content (AvgIpc) is 2.30. The molecule has 92 valence electrons. The summed E-state index contributed by atoms with van der Waals surface area (Å²) < 4.78 is 0.889. The first-order valence-electron chi connectivity index (χ1n) is 5.35. The Morgan fingerprint density at radius 1 is 1.06 bits per heavy atom. The van der Waals surface area contributed by atoms with Crippen LogP contribution in [0.5, 0.6) is 0 Å². The second-order valence-corrected chi connectivity index (χ2v) is 4.61. The molecule has 0 aliphatic rings. The highest BCUT2D eigenvalue weighted by Gasteiger charge is 2.06.